The van der Waals surface area contributed by atoms with Crippen LogP contribution in [0.25, 0.3) is 21.6 Å². The number of hydrogen-bond donors (Lipinski definition) is 8. The number of nitrogens with two attached hydrogens (primary N) is 2. The second kappa shape index (κ2) is 24.6. The molecule has 384 valence electrons. The molecule has 72 heavy (non-hydrogen) atoms. The van der Waals surface area contributed by atoms with Gasteiger partial charge in [-0.15, -0.1) is 11.3 Å². The van der Waals surface area contributed by atoms with E-state index >= 15 is 0 Å². The average molecular weight is 1010 g/mol. The van der Waals surface area contributed by atoms with Crippen LogP contribution in [0.15, 0.2) is 60.2 Å². The van der Waals surface area contributed by atoms with Crippen molar-refractivity contribution in [1.82, 2.24) is 51.1 Å². The number of nitrogens with zero attached hydrogens (tertiary/aromatic N) is 7. The highest BCUT2D eigenvalue weighted by Crippen LogP contribution is 2.29. The number of nitrogen functional groups attached to an aromatic ring is 2. The smallest absolute Gasteiger partial charge is 0.326 e. The number of aliphatic hydroxyl groups excluding tert-OH is 1. The molecule has 2 aromatic carbocycles. The molecule has 1 saturated heterocycles. The molecule has 0 aliphatic carbocycles. The van der Waals surface area contributed by atoms with E-state index in [4.69, 9.17) is 20.9 Å². The van der Waals surface area contributed by atoms with E-state index in [1.165, 1.54) is 4.90 Å². The first-order valence-corrected chi connectivity index (χ1v) is 24.0. The number of rotatable bonds is 23. The summed E-state index contributed by atoms with van der Waals surface area (Å²) in [7, 11) is 1.81. The number of hydrogen-bond acceptors (Lipinski definition) is 18. The Bertz CT molecular complexity index is 2720. The van der Waals surface area contributed by atoms with Gasteiger partial charge >= 0.3 is 5.97 Å². The summed E-state index contributed by atoms with van der Waals surface area (Å²) in [5.41, 5.74) is 17.6. The first-order chi connectivity index (χ1) is 34.3. The fraction of sp³-hybridized carbons (Fsp3) is 0.438. The minimum Gasteiger partial charge on any atom is -0.480 e. The lowest BCUT2D eigenvalue weighted by atomic mass is 9.85. The van der Waals surface area contributed by atoms with Crippen molar-refractivity contribution >= 4 is 75.5 Å². The Hall–Kier alpha value is -7.41. The zero-order valence-corrected chi connectivity index (χ0v) is 41.5. The number of ether oxygens (including phenoxy) is 2. The summed E-state index contributed by atoms with van der Waals surface area (Å²) in [5, 5.41) is 31.0. The van der Waals surface area contributed by atoms with Gasteiger partial charge in [-0.25, -0.2) is 19.7 Å². The summed E-state index contributed by atoms with van der Waals surface area (Å²) in [6.07, 6.45) is 0.337. The summed E-state index contributed by atoms with van der Waals surface area (Å²) in [6, 6.07) is 11.0. The molecule has 24 heteroatoms. The average Bonchev–Trinajstić information content (AvgIpc) is 3.96. The minimum absolute atomic E-state index is 0.00575. The highest BCUT2D eigenvalue weighted by molar-refractivity contribution is 7.13. The highest BCUT2D eigenvalue weighted by Gasteiger charge is 2.44. The van der Waals surface area contributed by atoms with Gasteiger partial charge < -0.3 is 62.2 Å². The van der Waals surface area contributed by atoms with Gasteiger partial charge in [0.05, 0.1) is 60.4 Å². The number of anilines is 3. The lowest BCUT2D eigenvalue weighted by Gasteiger charge is -2.35. The predicted octanol–water partition coefficient (Wildman–Crippen LogP) is 1.57. The van der Waals surface area contributed by atoms with Crippen molar-refractivity contribution in [3.8, 4) is 10.4 Å². The molecule has 1 fully saturated rings. The molecular formula is C48H61N13O10S. The van der Waals surface area contributed by atoms with Gasteiger partial charge in [0.25, 0.3) is 5.91 Å². The van der Waals surface area contributed by atoms with Crippen molar-refractivity contribution in [1.29, 1.82) is 0 Å². The molecule has 1 aliphatic heterocycles. The van der Waals surface area contributed by atoms with Crippen molar-refractivity contribution in [2.24, 2.45) is 5.41 Å². The third-order valence-electron chi connectivity index (χ3n) is 11.6. The zero-order valence-electron chi connectivity index (χ0n) is 40.7. The van der Waals surface area contributed by atoms with E-state index in [-0.39, 0.29) is 88.3 Å². The molecule has 23 nitrogen and oxygen atoms in total. The number of amides is 5. The third-order valence-corrected chi connectivity index (χ3v) is 12.6. The van der Waals surface area contributed by atoms with E-state index in [1.54, 1.807) is 68.1 Å². The second-order valence-corrected chi connectivity index (χ2v) is 19.1. The predicted molar refractivity (Wildman–Crippen MR) is 267 cm³/mol. The number of thiazole rings is 1. The second-order valence-electron chi connectivity index (χ2n) is 18.3. The monoisotopic (exact) mass is 1010 g/mol. The number of carbonyl (C=O) groups excluding carboxylic acids is 5. The van der Waals surface area contributed by atoms with E-state index in [0.29, 0.717) is 17.8 Å². The van der Waals surface area contributed by atoms with Crippen LogP contribution >= 0.6 is 11.3 Å². The maximum Gasteiger partial charge on any atom is 0.326 e. The third kappa shape index (κ3) is 14.8. The van der Waals surface area contributed by atoms with Crippen molar-refractivity contribution in [2.75, 3.05) is 62.9 Å². The van der Waals surface area contributed by atoms with Crippen LogP contribution in [0.2, 0.25) is 0 Å². The van der Waals surface area contributed by atoms with Crippen molar-refractivity contribution < 1.29 is 48.5 Å². The molecule has 5 amide bonds. The number of β-amino-alcohol motifs (C(OH)–C–C–N with tert-alkyl or cyclic N) is 1. The van der Waals surface area contributed by atoms with Crippen LogP contribution in [0.1, 0.15) is 67.3 Å². The van der Waals surface area contributed by atoms with E-state index in [1.807, 2.05) is 43.1 Å². The molecule has 0 radical (unpaired) electrons. The van der Waals surface area contributed by atoms with Gasteiger partial charge in [0.2, 0.25) is 29.6 Å². The number of carboxylic acids is 1. The van der Waals surface area contributed by atoms with Gasteiger partial charge in [0.15, 0.2) is 17.0 Å². The van der Waals surface area contributed by atoms with Gasteiger partial charge in [-0.3, -0.25) is 24.0 Å². The van der Waals surface area contributed by atoms with Crippen LogP contribution in [-0.2, 0) is 46.5 Å². The molecule has 4 atom stereocenters. The van der Waals surface area contributed by atoms with Crippen molar-refractivity contribution in [2.45, 2.75) is 84.3 Å². The summed E-state index contributed by atoms with van der Waals surface area (Å²) in [6.45, 7) is 7.70. The normalized spacial score (nSPS) is 15.4. The minimum atomic E-state index is -1.33. The molecule has 6 rings (SSSR count). The molecule has 0 saturated carbocycles. The number of carboxylic acid groups (broad SMARTS) is 1. The Kier molecular flexibility index (Phi) is 18.4. The van der Waals surface area contributed by atoms with Gasteiger partial charge in [-0.1, -0.05) is 45.0 Å². The topological polar surface area (TPSA) is 332 Å². The van der Waals surface area contributed by atoms with Crippen LogP contribution in [0, 0.1) is 12.3 Å². The number of likely N-dealkylation sites (tertiary alicyclic amines) is 1. The Morgan fingerprint density at radius 3 is 2.32 bits per heavy atom. The number of aliphatic carboxylic acids is 1. The van der Waals surface area contributed by atoms with Gasteiger partial charge in [-0.05, 0) is 54.2 Å². The molecule has 0 spiro atoms. The van der Waals surface area contributed by atoms with E-state index < -0.39 is 65.1 Å². The Morgan fingerprint density at radius 1 is 0.917 bits per heavy atom. The number of aliphatic hydroxyl groups is 1. The summed E-state index contributed by atoms with van der Waals surface area (Å²) in [5.74, 6) is -3.75. The highest BCUT2D eigenvalue weighted by atomic mass is 32.1. The van der Waals surface area contributed by atoms with Gasteiger partial charge in [-0.2, -0.15) is 9.97 Å². The molecule has 3 aromatic heterocycles. The van der Waals surface area contributed by atoms with Crippen LogP contribution in [0.4, 0.5) is 17.5 Å². The standard InChI is InChI=1S/C48H61N13O10S/c1-27-39(72-26-54-27)29-8-6-28(7-9-29)21-53-44(66)35-20-33(62)24-61(35)45(67)40(48(2,3)4)57-37(64)25-71-19-18-70-17-16-51-36(63)15-14-34(46(68)69)56-43(65)30-10-12-32(13-11-30)60(5)23-31-22-52-42-38(55-31)41(49)58-47(50)59-42/h6-13,22,26,33-35,40,62H,14-21,23-25H2,1-5H3,(H,51,63)(H,53,66)(H,56,65)(H,57,64)(H,68,69)(H4,49,50,52,58,59)/t33-,34+,35?,40?/m1/s1. The number of fused-ring (bicyclic) bond motifs is 1. The van der Waals surface area contributed by atoms with Gasteiger partial charge in [0, 0.05) is 50.8 Å². The SMILES string of the molecule is Cc1ncsc1-c1ccc(CNC(=O)C2C[C@@H](O)CN2C(=O)C(NC(=O)COCCOCCNC(=O)CC[C@H](NC(=O)c2ccc(N(C)Cc3cnc4nc(N)nc(N)c4n3)cc2)C(=O)O)C(C)(C)C)cc1. The number of aryl methyl sites for hydroxylation is 1. The van der Waals surface area contributed by atoms with Crippen LogP contribution in [-0.4, -0.2) is 146 Å². The number of nitrogens with one attached hydrogen (secondary N) is 4. The Morgan fingerprint density at radius 2 is 1.64 bits per heavy atom. The molecule has 5 aromatic rings. The maximum atomic E-state index is 13.9. The fourth-order valence-corrected chi connectivity index (χ4v) is 8.57. The molecule has 2 unspecified atom stereocenters. The van der Waals surface area contributed by atoms with Crippen molar-refractivity contribution in [3.05, 3.63) is 82.8 Å². The molecule has 10 N–H and O–H groups in total. The van der Waals surface area contributed by atoms with Gasteiger partial charge in [0.1, 0.15) is 24.7 Å². The molecular weight excluding hydrogens is 951 g/mol. The number of carbonyl (C=O) groups is 6. The summed E-state index contributed by atoms with van der Waals surface area (Å²) < 4.78 is 11.0. The van der Waals surface area contributed by atoms with Crippen LogP contribution in [0.3, 0.4) is 0 Å². The number of aromatic nitrogens is 5. The van der Waals surface area contributed by atoms with E-state index in [0.717, 1.165) is 27.4 Å². The lowest BCUT2D eigenvalue weighted by Crippen LogP contribution is -2.58. The quantitative estimate of drug-likeness (QED) is 0.0431. The molecule has 0 bridgehead atoms. The zero-order chi connectivity index (χ0) is 52.1. The van der Waals surface area contributed by atoms with Crippen LogP contribution in [0.5, 0.6) is 0 Å². The maximum absolute atomic E-state index is 13.9. The summed E-state index contributed by atoms with van der Waals surface area (Å²) >= 11 is 1.55. The number of benzene rings is 2. The largest absolute Gasteiger partial charge is 0.480 e. The fourth-order valence-electron chi connectivity index (χ4n) is 7.75. The molecule has 1 aliphatic rings. The van der Waals surface area contributed by atoms with Crippen molar-refractivity contribution in [3.63, 3.8) is 0 Å². The summed E-state index contributed by atoms with van der Waals surface area (Å²) in [4.78, 5) is 103. The molecule has 4 heterocycles. The van der Waals surface area contributed by atoms with Crippen LogP contribution < -0.4 is 37.6 Å². The first-order valence-electron chi connectivity index (χ1n) is 23.1. The Balaban J connectivity index is 0.853. The Labute approximate surface area is 419 Å². The lowest BCUT2D eigenvalue weighted by molar-refractivity contribution is -0.144. The first kappa shape index (κ1) is 53.9. The van der Waals surface area contributed by atoms with E-state index in [9.17, 15) is 39.0 Å². The van der Waals surface area contributed by atoms with E-state index in [2.05, 4.69) is 46.2 Å².